The molecule has 0 aliphatic heterocycles. The molecule has 1 amide bonds. The van der Waals surface area contributed by atoms with Crippen molar-refractivity contribution in [1.29, 1.82) is 0 Å². The molecular weight excluding hydrogens is 346 g/mol. The Bertz CT molecular complexity index is 896. The number of hydrogen-bond acceptors (Lipinski definition) is 3. The van der Waals surface area contributed by atoms with Gasteiger partial charge < -0.3 is 4.90 Å². The van der Waals surface area contributed by atoms with Gasteiger partial charge in [0.25, 0.3) is 5.91 Å². The van der Waals surface area contributed by atoms with E-state index in [0.717, 1.165) is 16.8 Å². The van der Waals surface area contributed by atoms with Gasteiger partial charge in [0.15, 0.2) is 0 Å². The lowest BCUT2D eigenvalue weighted by molar-refractivity contribution is 0.0822. The number of aromatic nitrogens is 1. The van der Waals surface area contributed by atoms with Gasteiger partial charge in [0, 0.05) is 25.2 Å². The molecular formula is C21H18ClN3O. The van der Waals surface area contributed by atoms with Crippen LogP contribution in [0.5, 0.6) is 0 Å². The molecule has 0 unspecified atom stereocenters. The number of carbonyl (C=O) groups is 1. The fourth-order valence-electron chi connectivity index (χ4n) is 2.48. The van der Waals surface area contributed by atoms with Crippen molar-refractivity contribution in [2.24, 2.45) is 4.99 Å². The minimum absolute atomic E-state index is 0.219. The molecule has 3 aromatic rings. The van der Waals surface area contributed by atoms with Crippen molar-refractivity contribution in [3.63, 3.8) is 0 Å². The third-order valence-corrected chi connectivity index (χ3v) is 4.06. The van der Waals surface area contributed by atoms with Crippen LogP contribution in [0.1, 0.15) is 21.6 Å². The first-order valence-corrected chi connectivity index (χ1v) is 8.51. The monoisotopic (exact) mass is 363 g/mol. The van der Waals surface area contributed by atoms with E-state index >= 15 is 0 Å². The molecule has 5 heteroatoms. The average Bonchev–Trinajstić information content (AvgIpc) is 2.67. The van der Waals surface area contributed by atoms with Crippen molar-refractivity contribution in [3.8, 4) is 0 Å². The highest BCUT2D eigenvalue weighted by atomic mass is 35.5. The summed E-state index contributed by atoms with van der Waals surface area (Å²) in [4.78, 5) is 22.5. The Kier molecular flexibility index (Phi) is 5.44. The number of hydrogen-bond donors (Lipinski definition) is 0. The van der Waals surface area contributed by atoms with Crippen LogP contribution in [-0.2, 0) is 0 Å². The standard InChI is InChI=1S/C21H18ClN3O/c1-25(2)21(26)20-18(22)13-17(14-23-20)24-19(15-9-5-3-6-10-15)16-11-7-4-8-12-16/h3-14H,1-2H3. The zero-order valence-corrected chi connectivity index (χ0v) is 15.3. The molecule has 2 aromatic carbocycles. The molecule has 0 aliphatic carbocycles. The number of pyridine rings is 1. The van der Waals surface area contributed by atoms with Crippen molar-refractivity contribution in [1.82, 2.24) is 9.88 Å². The van der Waals surface area contributed by atoms with E-state index in [1.807, 2.05) is 60.7 Å². The lowest BCUT2D eigenvalue weighted by atomic mass is 10.0. The van der Waals surface area contributed by atoms with Gasteiger partial charge in [-0.25, -0.2) is 9.98 Å². The van der Waals surface area contributed by atoms with Gasteiger partial charge in [0.05, 0.1) is 22.6 Å². The van der Waals surface area contributed by atoms with Crippen molar-refractivity contribution >= 4 is 28.9 Å². The summed E-state index contributed by atoms with van der Waals surface area (Å²) >= 11 is 6.26. The molecule has 0 radical (unpaired) electrons. The number of amides is 1. The molecule has 0 saturated heterocycles. The van der Waals surface area contributed by atoms with Crippen LogP contribution >= 0.6 is 11.6 Å². The summed E-state index contributed by atoms with van der Waals surface area (Å²) in [5.41, 5.74) is 3.60. The Labute approximate surface area is 157 Å². The Morgan fingerprint density at radius 1 is 0.962 bits per heavy atom. The summed E-state index contributed by atoms with van der Waals surface area (Å²) in [7, 11) is 3.32. The molecule has 1 heterocycles. The highest BCUT2D eigenvalue weighted by Crippen LogP contribution is 2.23. The van der Waals surface area contributed by atoms with Crippen molar-refractivity contribution < 1.29 is 4.79 Å². The first kappa shape index (κ1) is 17.8. The van der Waals surface area contributed by atoms with Crippen LogP contribution < -0.4 is 0 Å². The van der Waals surface area contributed by atoms with Gasteiger partial charge in [-0.1, -0.05) is 72.3 Å². The number of aliphatic imine (C=N–C) groups is 1. The van der Waals surface area contributed by atoms with Crippen molar-refractivity contribution in [2.75, 3.05) is 14.1 Å². The van der Waals surface area contributed by atoms with Gasteiger partial charge in [-0.05, 0) is 6.07 Å². The zero-order chi connectivity index (χ0) is 18.5. The third-order valence-electron chi connectivity index (χ3n) is 3.77. The van der Waals surface area contributed by atoms with Crippen LogP contribution in [0.4, 0.5) is 5.69 Å². The molecule has 1 aromatic heterocycles. The highest BCUT2D eigenvalue weighted by molar-refractivity contribution is 6.33. The zero-order valence-electron chi connectivity index (χ0n) is 14.6. The van der Waals surface area contributed by atoms with Crippen molar-refractivity contribution in [3.05, 3.63) is 94.8 Å². The van der Waals surface area contributed by atoms with Gasteiger partial charge in [-0.2, -0.15) is 0 Å². The number of rotatable bonds is 4. The molecule has 130 valence electrons. The van der Waals surface area contributed by atoms with E-state index < -0.39 is 0 Å². The van der Waals surface area contributed by atoms with Gasteiger partial charge in [0.2, 0.25) is 0 Å². The minimum atomic E-state index is -0.239. The molecule has 26 heavy (non-hydrogen) atoms. The predicted octanol–water partition coefficient (Wildman–Crippen LogP) is 4.61. The number of carbonyl (C=O) groups excluding carboxylic acids is 1. The molecule has 3 rings (SSSR count). The van der Waals surface area contributed by atoms with Crippen LogP contribution in [0.25, 0.3) is 0 Å². The highest BCUT2D eigenvalue weighted by Gasteiger charge is 2.15. The number of nitrogens with zero attached hydrogens (tertiary/aromatic N) is 3. The lowest BCUT2D eigenvalue weighted by Gasteiger charge is -2.11. The quantitative estimate of drug-likeness (QED) is 0.635. The largest absolute Gasteiger partial charge is 0.343 e. The van der Waals surface area contributed by atoms with Gasteiger partial charge in [-0.15, -0.1) is 0 Å². The smallest absolute Gasteiger partial charge is 0.273 e. The molecule has 0 N–H and O–H groups in total. The summed E-state index contributed by atoms with van der Waals surface area (Å²) in [6, 6.07) is 21.5. The maximum atomic E-state index is 12.1. The van der Waals surface area contributed by atoms with Gasteiger partial charge in [-0.3, -0.25) is 4.79 Å². The first-order valence-electron chi connectivity index (χ1n) is 8.13. The van der Waals surface area contributed by atoms with E-state index in [1.165, 1.54) is 4.90 Å². The lowest BCUT2D eigenvalue weighted by Crippen LogP contribution is -2.23. The maximum Gasteiger partial charge on any atom is 0.273 e. The molecule has 0 aliphatic rings. The summed E-state index contributed by atoms with van der Waals surface area (Å²) < 4.78 is 0. The summed E-state index contributed by atoms with van der Waals surface area (Å²) in [6.07, 6.45) is 1.56. The summed E-state index contributed by atoms with van der Waals surface area (Å²) in [6.45, 7) is 0. The second kappa shape index (κ2) is 7.93. The molecule has 0 saturated carbocycles. The van der Waals surface area contributed by atoms with Crippen LogP contribution in [0.2, 0.25) is 5.02 Å². The van der Waals surface area contributed by atoms with E-state index in [2.05, 4.69) is 4.98 Å². The van der Waals surface area contributed by atoms with Crippen molar-refractivity contribution in [2.45, 2.75) is 0 Å². The Balaban J connectivity index is 2.06. The fourth-order valence-corrected chi connectivity index (χ4v) is 2.72. The second-order valence-corrected chi connectivity index (χ2v) is 6.32. The predicted molar refractivity (Wildman–Crippen MR) is 105 cm³/mol. The van der Waals surface area contributed by atoms with E-state index in [9.17, 15) is 4.79 Å². The van der Waals surface area contributed by atoms with Gasteiger partial charge in [0.1, 0.15) is 5.69 Å². The Morgan fingerprint density at radius 2 is 1.50 bits per heavy atom. The first-order chi connectivity index (χ1) is 12.6. The minimum Gasteiger partial charge on any atom is -0.343 e. The number of benzene rings is 2. The van der Waals surface area contributed by atoms with E-state index in [1.54, 1.807) is 26.4 Å². The van der Waals surface area contributed by atoms with E-state index in [-0.39, 0.29) is 16.6 Å². The SMILES string of the molecule is CN(C)C(=O)c1ncc(N=C(c2ccccc2)c2ccccc2)cc1Cl. The van der Waals surface area contributed by atoms with Crippen LogP contribution in [0.15, 0.2) is 77.9 Å². The van der Waals surface area contributed by atoms with E-state index in [0.29, 0.717) is 5.69 Å². The second-order valence-electron chi connectivity index (χ2n) is 5.92. The Morgan fingerprint density at radius 3 is 1.96 bits per heavy atom. The summed E-state index contributed by atoms with van der Waals surface area (Å²) in [5.74, 6) is -0.239. The molecule has 0 atom stereocenters. The topological polar surface area (TPSA) is 45.6 Å². The van der Waals surface area contributed by atoms with E-state index in [4.69, 9.17) is 16.6 Å². The summed E-state index contributed by atoms with van der Waals surface area (Å²) in [5, 5.41) is 0.283. The van der Waals surface area contributed by atoms with Crippen LogP contribution in [0.3, 0.4) is 0 Å². The maximum absolute atomic E-state index is 12.1. The average molecular weight is 364 g/mol. The Hall–Kier alpha value is -2.98. The van der Waals surface area contributed by atoms with Gasteiger partial charge >= 0.3 is 0 Å². The fraction of sp³-hybridized carbons (Fsp3) is 0.0952. The molecule has 4 nitrogen and oxygen atoms in total. The normalized spacial score (nSPS) is 10.3. The molecule has 0 bridgehead atoms. The number of halogens is 1. The van der Waals surface area contributed by atoms with Crippen LogP contribution in [-0.4, -0.2) is 35.6 Å². The third kappa shape index (κ3) is 3.98. The molecule has 0 fully saturated rings. The molecule has 0 spiro atoms. The van der Waals surface area contributed by atoms with Crippen LogP contribution in [0, 0.1) is 0 Å².